The lowest BCUT2D eigenvalue weighted by molar-refractivity contribution is 0.342. The van der Waals surface area contributed by atoms with E-state index in [-0.39, 0.29) is 6.04 Å². The van der Waals surface area contributed by atoms with Gasteiger partial charge in [0, 0.05) is 7.05 Å². The van der Waals surface area contributed by atoms with Crippen LogP contribution in [-0.4, -0.2) is 11.9 Å². The van der Waals surface area contributed by atoms with Crippen LogP contribution in [0.3, 0.4) is 0 Å². The molecule has 0 radical (unpaired) electrons. The molecule has 0 amide bonds. The lowest BCUT2D eigenvalue weighted by atomic mass is 10.0. The van der Waals surface area contributed by atoms with E-state index in [2.05, 4.69) is 25.2 Å². The van der Waals surface area contributed by atoms with Gasteiger partial charge >= 0.3 is 0 Å². The van der Waals surface area contributed by atoms with Crippen molar-refractivity contribution in [2.24, 2.45) is 0 Å². The number of nitrogens with zero attached hydrogens (tertiary/aromatic N) is 2. The van der Waals surface area contributed by atoms with Gasteiger partial charge in [-0.05, 0) is 12.0 Å². The molecule has 0 aliphatic heterocycles. The normalized spacial score (nSPS) is 11.8. The van der Waals surface area contributed by atoms with Crippen molar-refractivity contribution < 1.29 is 0 Å². The lowest BCUT2D eigenvalue weighted by Crippen LogP contribution is -2.18. The number of hydrogen-bond acceptors (Lipinski definition) is 2. The third-order valence-electron chi connectivity index (χ3n) is 2.20. The Morgan fingerprint density at radius 1 is 1.38 bits per heavy atom. The highest BCUT2D eigenvalue weighted by atomic mass is 15.1. The molecule has 0 aromatic heterocycles. The van der Waals surface area contributed by atoms with E-state index in [0.717, 1.165) is 6.42 Å². The first-order valence-corrected chi connectivity index (χ1v) is 4.47. The highest BCUT2D eigenvalue weighted by Gasteiger charge is 2.12. The molecule has 0 N–H and O–H groups in total. The van der Waals surface area contributed by atoms with Gasteiger partial charge in [0.05, 0.1) is 6.04 Å². The fourth-order valence-electron chi connectivity index (χ4n) is 1.48. The van der Waals surface area contributed by atoms with Crippen LogP contribution in [0.15, 0.2) is 30.3 Å². The maximum absolute atomic E-state index is 8.77. The fraction of sp³-hybridized carbons (Fsp3) is 0.364. The SMILES string of the molecule is CCC(c1ccccc1)N(C)C#N. The van der Waals surface area contributed by atoms with Crippen LogP contribution in [0.25, 0.3) is 0 Å². The molecular weight excluding hydrogens is 160 g/mol. The zero-order chi connectivity index (χ0) is 9.68. The van der Waals surface area contributed by atoms with Crippen molar-refractivity contribution in [3.8, 4) is 6.19 Å². The van der Waals surface area contributed by atoms with E-state index < -0.39 is 0 Å². The Labute approximate surface area is 79.4 Å². The van der Waals surface area contributed by atoms with Gasteiger partial charge in [0.2, 0.25) is 0 Å². The molecule has 1 unspecified atom stereocenters. The minimum absolute atomic E-state index is 0.214. The Bertz CT molecular complexity index is 287. The smallest absolute Gasteiger partial charge is 0.179 e. The van der Waals surface area contributed by atoms with E-state index in [0.29, 0.717) is 0 Å². The summed E-state index contributed by atoms with van der Waals surface area (Å²) in [5.41, 5.74) is 1.20. The molecule has 0 saturated carbocycles. The maximum atomic E-state index is 8.77. The van der Waals surface area contributed by atoms with Crippen LogP contribution in [0.1, 0.15) is 24.9 Å². The predicted molar refractivity (Wildman–Crippen MR) is 52.9 cm³/mol. The molecule has 1 atom stereocenters. The molecule has 0 spiro atoms. The number of rotatable bonds is 3. The standard InChI is InChI=1S/C11H14N2/c1-3-11(13(2)9-12)10-7-5-4-6-8-10/h4-8,11H,3H2,1-2H3. The van der Waals surface area contributed by atoms with Gasteiger partial charge in [0.25, 0.3) is 0 Å². The molecule has 68 valence electrons. The Kier molecular flexibility index (Phi) is 3.33. The monoisotopic (exact) mass is 174 g/mol. The molecule has 0 heterocycles. The van der Waals surface area contributed by atoms with E-state index in [1.807, 2.05) is 25.2 Å². The number of hydrogen-bond donors (Lipinski definition) is 0. The Hall–Kier alpha value is -1.49. The summed E-state index contributed by atoms with van der Waals surface area (Å²) in [5.74, 6) is 0. The van der Waals surface area contributed by atoms with E-state index in [1.165, 1.54) is 5.56 Å². The van der Waals surface area contributed by atoms with Crippen LogP contribution in [-0.2, 0) is 0 Å². The van der Waals surface area contributed by atoms with E-state index in [1.54, 1.807) is 4.90 Å². The molecular formula is C11H14N2. The summed E-state index contributed by atoms with van der Waals surface area (Å²) in [6.07, 6.45) is 3.10. The van der Waals surface area contributed by atoms with Gasteiger partial charge in [-0.1, -0.05) is 37.3 Å². The third-order valence-corrected chi connectivity index (χ3v) is 2.20. The molecule has 0 aliphatic rings. The van der Waals surface area contributed by atoms with Gasteiger partial charge in [-0.25, -0.2) is 0 Å². The van der Waals surface area contributed by atoms with Crippen LogP contribution < -0.4 is 0 Å². The van der Waals surface area contributed by atoms with Crippen LogP contribution in [0.5, 0.6) is 0 Å². The largest absolute Gasteiger partial charge is 0.306 e. The summed E-state index contributed by atoms with van der Waals surface area (Å²) in [4.78, 5) is 1.69. The van der Waals surface area contributed by atoms with Crippen molar-refractivity contribution in [1.82, 2.24) is 4.90 Å². The summed E-state index contributed by atoms with van der Waals surface area (Å²) in [5, 5.41) is 8.77. The molecule has 0 saturated heterocycles. The molecule has 1 aromatic rings. The van der Waals surface area contributed by atoms with Crippen molar-refractivity contribution in [2.45, 2.75) is 19.4 Å². The first kappa shape index (κ1) is 9.60. The van der Waals surface area contributed by atoms with Crippen LogP contribution in [0, 0.1) is 11.5 Å². The van der Waals surface area contributed by atoms with Gasteiger partial charge in [0.1, 0.15) is 0 Å². The fourth-order valence-corrected chi connectivity index (χ4v) is 1.48. The zero-order valence-corrected chi connectivity index (χ0v) is 8.07. The Morgan fingerprint density at radius 2 is 2.00 bits per heavy atom. The van der Waals surface area contributed by atoms with E-state index >= 15 is 0 Å². The second-order valence-electron chi connectivity index (χ2n) is 3.05. The summed E-state index contributed by atoms with van der Waals surface area (Å²) in [6.45, 7) is 2.09. The first-order chi connectivity index (χ1) is 6.29. The predicted octanol–water partition coefficient (Wildman–Crippen LogP) is 2.55. The number of nitriles is 1. The van der Waals surface area contributed by atoms with Crippen LogP contribution in [0.4, 0.5) is 0 Å². The molecule has 0 bridgehead atoms. The number of benzene rings is 1. The van der Waals surface area contributed by atoms with Crippen molar-refractivity contribution in [2.75, 3.05) is 7.05 Å². The summed E-state index contributed by atoms with van der Waals surface area (Å²) in [7, 11) is 1.82. The van der Waals surface area contributed by atoms with Gasteiger partial charge in [-0.15, -0.1) is 0 Å². The highest BCUT2D eigenvalue weighted by molar-refractivity contribution is 5.19. The summed E-state index contributed by atoms with van der Waals surface area (Å²) >= 11 is 0. The molecule has 2 heteroatoms. The van der Waals surface area contributed by atoms with Crippen molar-refractivity contribution >= 4 is 0 Å². The average Bonchev–Trinajstić information content (AvgIpc) is 2.20. The molecule has 2 nitrogen and oxygen atoms in total. The second kappa shape index (κ2) is 4.51. The van der Waals surface area contributed by atoms with Gasteiger partial charge in [-0.3, -0.25) is 0 Å². The lowest BCUT2D eigenvalue weighted by Gasteiger charge is -2.21. The average molecular weight is 174 g/mol. The topological polar surface area (TPSA) is 27.0 Å². The Balaban J connectivity index is 2.86. The van der Waals surface area contributed by atoms with Crippen molar-refractivity contribution in [3.05, 3.63) is 35.9 Å². The highest BCUT2D eigenvalue weighted by Crippen LogP contribution is 2.21. The van der Waals surface area contributed by atoms with Crippen LogP contribution in [0.2, 0.25) is 0 Å². The van der Waals surface area contributed by atoms with Crippen molar-refractivity contribution in [3.63, 3.8) is 0 Å². The summed E-state index contributed by atoms with van der Waals surface area (Å²) < 4.78 is 0. The Morgan fingerprint density at radius 3 is 2.46 bits per heavy atom. The maximum Gasteiger partial charge on any atom is 0.179 e. The minimum atomic E-state index is 0.214. The third kappa shape index (κ3) is 2.22. The molecule has 1 rings (SSSR count). The van der Waals surface area contributed by atoms with Crippen molar-refractivity contribution in [1.29, 1.82) is 5.26 Å². The van der Waals surface area contributed by atoms with Gasteiger partial charge in [-0.2, -0.15) is 5.26 Å². The quantitative estimate of drug-likeness (QED) is 0.520. The van der Waals surface area contributed by atoms with Crippen LogP contribution >= 0.6 is 0 Å². The molecule has 13 heavy (non-hydrogen) atoms. The molecule has 0 aliphatic carbocycles. The minimum Gasteiger partial charge on any atom is -0.306 e. The van der Waals surface area contributed by atoms with Gasteiger partial charge < -0.3 is 4.90 Å². The molecule has 1 aromatic carbocycles. The molecule has 0 fully saturated rings. The summed E-state index contributed by atoms with van der Waals surface area (Å²) in [6, 6.07) is 10.3. The van der Waals surface area contributed by atoms with Gasteiger partial charge in [0.15, 0.2) is 6.19 Å². The van der Waals surface area contributed by atoms with E-state index in [4.69, 9.17) is 5.26 Å². The second-order valence-corrected chi connectivity index (χ2v) is 3.05. The first-order valence-electron chi connectivity index (χ1n) is 4.47. The van der Waals surface area contributed by atoms with E-state index in [9.17, 15) is 0 Å². The zero-order valence-electron chi connectivity index (χ0n) is 8.07.